The van der Waals surface area contributed by atoms with E-state index in [1.165, 1.54) is 0 Å². The number of carbonyl (C=O) groups excluding carboxylic acids is 2. The summed E-state index contributed by atoms with van der Waals surface area (Å²) in [4.78, 5) is 28.0. The molecule has 0 bridgehead atoms. The van der Waals surface area contributed by atoms with Crippen LogP contribution in [0.25, 0.3) is 10.9 Å². The van der Waals surface area contributed by atoms with Gasteiger partial charge in [0.25, 0.3) is 0 Å². The van der Waals surface area contributed by atoms with Crippen LogP contribution < -0.4 is 0 Å². The number of nitrogens with zero attached hydrogens (tertiary/aromatic N) is 1. The molecule has 2 heterocycles. The molecule has 0 unspecified atom stereocenters. The van der Waals surface area contributed by atoms with Crippen molar-refractivity contribution in [3.63, 3.8) is 0 Å². The van der Waals surface area contributed by atoms with Crippen LogP contribution in [0.3, 0.4) is 0 Å². The maximum Gasteiger partial charge on any atom is 0.347 e. The van der Waals surface area contributed by atoms with Gasteiger partial charge in [-0.3, -0.25) is 4.98 Å². The Morgan fingerprint density at radius 3 is 2.95 bits per heavy atom. The molecule has 20 heavy (non-hydrogen) atoms. The second-order valence-corrected chi connectivity index (χ2v) is 4.68. The minimum Gasteiger partial charge on any atom is -0.463 e. The number of aromatic nitrogens is 1. The van der Waals surface area contributed by atoms with Gasteiger partial charge in [0.1, 0.15) is 0 Å². The summed E-state index contributed by atoms with van der Waals surface area (Å²) in [5.74, 6) is -0.996. The normalized spacial score (nSPS) is 18.1. The standard InChI is InChI=1S/C15H13NO4/c1-9-8-11(10-4-2-3-5-12(10)16-9)14(17)20-13-6-7-19-15(13)18/h2-5,8,13H,6-7H2,1H3/t13-/m0/s1. The van der Waals surface area contributed by atoms with Gasteiger partial charge in [-0.1, -0.05) is 18.2 Å². The molecule has 2 aromatic rings. The first-order valence-electron chi connectivity index (χ1n) is 6.39. The molecule has 1 atom stereocenters. The Kier molecular flexibility index (Phi) is 3.10. The molecule has 1 aliphatic heterocycles. The molecule has 5 nitrogen and oxygen atoms in total. The summed E-state index contributed by atoms with van der Waals surface area (Å²) in [6.45, 7) is 2.11. The third-order valence-electron chi connectivity index (χ3n) is 3.20. The lowest BCUT2D eigenvalue weighted by Crippen LogP contribution is -2.23. The average molecular weight is 271 g/mol. The predicted octanol–water partition coefficient (Wildman–Crippen LogP) is 2.02. The molecular formula is C15H13NO4. The lowest BCUT2D eigenvalue weighted by atomic mass is 10.1. The van der Waals surface area contributed by atoms with E-state index in [2.05, 4.69) is 4.98 Å². The van der Waals surface area contributed by atoms with E-state index in [0.29, 0.717) is 18.6 Å². The number of aryl methyl sites for hydroxylation is 1. The van der Waals surface area contributed by atoms with Gasteiger partial charge in [-0.15, -0.1) is 0 Å². The van der Waals surface area contributed by atoms with Crippen molar-refractivity contribution < 1.29 is 19.1 Å². The number of hydrogen-bond donors (Lipinski definition) is 0. The third kappa shape index (κ3) is 2.22. The van der Waals surface area contributed by atoms with Crippen molar-refractivity contribution in [1.82, 2.24) is 4.98 Å². The molecular weight excluding hydrogens is 258 g/mol. The van der Waals surface area contributed by atoms with Crippen LogP contribution in [0.2, 0.25) is 0 Å². The van der Waals surface area contributed by atoms with Crippen molar-refractivity contribution in [2.24, 2.45) is 0 Å². The summed E-state index contributed by atoms with van der Waals surface area (Å²) in [7, 11) is 0. The second-order valence-electron chi connectivity index (χ2n) is 4.68. The number of hydrogen-bond acceptors (Lipinski definition) is 5. The Morgan fingerprint density at radius 2 is 2.20 bits per heavy atom. The second kappa shape index (κ2) is 4.92. The van der Waals surface area contributed by atoms with E-state index >= 15 is 0 Å². The van der Waals surface area contributed by atoms with E-state index in [0.717, 1.165) is 16.6 Å². The van der Waals surface area contributed by atoms with E-state index < -0.39 is 18.0 Å². The van der Waals surface area contributed by atoms with Crippen LogP contribution in [-0.4, -0.2) is 29.6 Å². The number of cyclic esters (lactones) is 1. The number of fused-ring (bicyclic) bond motifs is 1. The van der Waals surface area contributed by atoms with Gasteiger partial charge in [0.2, 0.25) is 6.10 Å². The zero-order chi connectivity index (χ0) is 14.1. The molecule has 0 N–H and O–H groups in total. The van der Waals surface area contributed by atoms with Gasteiger partial charge in [-0.05, 0) is 19.1 Å². The average Bonchev–Trinajstić information content (AvgIpc) is 2.83. The van der Waals surface area contributed by atoms with Gasteiger partial charge in [0.05, 0.1) is 17.7 Å². The molecule has 1 saturated heterocycles. The van der Waals surface area contributed by atoms with E-state index in [1.54, 1.807) is 6.07 Å². The van der Waals surface area contributed by atoms with Crippen molar-refractivity contribution in [2.45, 2.75) is 19.4 Å². The van der Waals surface area contributed by atoms with Crippen LogP contribution in [-0.2, 0) is 14.3 Å². The number of benzene rings is 1. The van der Waals surface area contributed by atoms with Gasteiger partial charge < -0.3 is 9.47 Å². The van der Waals surface area contributed by atoms with Crippen LogP contribution in [0.15, 0.2) is 30.3 Å². The first-order valence-corrected chi connectivity index (χ1v) is 6.39. The third-order valence-corrected chi connectivity index (χ3v) is 3.20. The first-order chi connectivity index (χ1) is 9.65. The zero-order valence-corrected chi connectivity index (χ0v) is 11.0. The van der Waals surface area contributed by atoms with Crippen molar-refractivity contribution in [3.8, 4) is 0 Å². The van der Waals surface area contributed by atoms with E-state index in [-0.39, 0.29) is 0 Å². The van der Waals surface area contributed by atoms with E-state index in [9.17, 15) is 9.59 Å². The highest BCUT2D eigenvalue weighted by atomic mass is 16.6. The quantitative estimate of drug-likeness (QED) is 0.782. The SMILES string of the molecule is Cc1cc(C(=O)O[C@H]2CCOC2=O)c2ccccc2n1. The smallest absolute Gasteiger partial charge is 0.347 e. The largest absolute Gasteiger partial charge is 0.463 e. The summed E-state index contributed by atoms with van der Waals surface area (Å²) in [5.41, 5.74) is 1.88. The minimum absolute atomic E-state index is 0.299. The van der Waals surface area contributed by atoms with Crippen molar-refractivity contribution in [2.75, 3.05) is 6.61 Å². The van der Waals surface area contributed by atoms with Crippen molar-refractivity contribution in [3.05, 3.63) is 41.6 Å². The van der Waals surface area contributed by atoms with Gasteiger partial charge in [-0.25, -0.2) is 9.59 Å². The summed E-state index contributed by atoms with van der Waals surface area (Å²) in [6.07, 6.45) is -0.387. The van der Waals surface area contributed by atoms with Gasteiger partial charge in [0, 0.05) is 17.5 Å². The molecule has 0 spiro atoms. The molecule has 0 radical (unpaired) electrons. The van der Waals surface area contributed by atoms with Gasteiger partial charge in [-0.2, -0.15) is 0 Å². The predicted molar refractivity (Wildman–Crippen MR) is 71.3 cm³/mol. The highest BCUT2D eigenvalue weighted by molar-refractivity contribution is 6.04. The molecule has 1 aliphatic rings. The molecule has 1 aromatic carbocycles. The Labute approximate surface area is 115 Å². The van der Waals surface area contributed by atoms with Gasteiger partial charge in [0.15, 0.2) is 0 Å². The van der Waals surface area contributed by atoms with Crippen LogP contribution in [0, 0.1) is 6.92 Å². The number of pyridine rings is 1. The highest BCUT2D eigenvalue weighted by Gasteiger charge is 2.31. The van der Waals surface area contributed by atoms with Crippen LogP contribution in [0.1, 0.15) is 22.5 Å². The van der Waals surface area contributed by atoms with Crippen LogP contribution >= 0.6 is 0 Å². The highest BCUT2D eigenvalue weighted by Crippen LogP contribution is 2.21. The fourth-order valence-corrected chi connectivity index (χ4v) is 2.25. The van der Waals surface area contributed by atoms with Crippen molar-refractivity contribution in [1.29, 1.82) is 0 Å². The molecule has 0 amide bonds. The lowest BCUT2D eigenvalue weighted by molar-refractivity contribution is -0.145. The molecule has 0 saturated carbocycles. The van der Waals surface area contributed by atoms with E-state index in [4.69, 9.17) is 9.47 Å². The Balaban J connectivity index is 1.96. The molecule has 0 aliphatic carbocycles. The Bertz CT molecular complexity index is 695. The number of ether oxygens (including phenoxy) is 2. The fraction of sp³-hybridized carbons (Fsp3) is 0.267. The number of para-hydroxylation sites is 1. The Morgan fingerprint density at radius 1 is 1.40 bits per heavy atom. The topological polar surface area (TPSA) is 65.5 Å². The zero-order valence-electron chi connectivity index (χ0n) is 11.0. The molecule has 102 valence electrons. The summed E-state index contributed by atoms with van der Waals surface area (Å²) in [5, 5.41) is 0.717. The lowest BCUT2D eigenvalue weighted by Gasteiger charge is -2.10. The number of carbonyl (C=O) groups is 2. The van der Waals surface area contributed by atoms with Crippen LogP contribution in [0.4, 0.5) is 0 Å². The molecule has 1 fully saturated rings. The molecule has 3 rings (SSSR count). The first kappa shape index (κ1) is 12.6. The van der Waals surface area contributed by atoms with Gasteiger partial charge >= 0.3 is 11.9 Å². The minimum atomic E-state index is -0.797. The summed E-state index contributed by atoms with van der Waals surface area (Å²) in [6, 6.07) is 9.01. The summed E-state index contributed by atoms with van der Waals surface area (Å²) >= 11 is 0. The maximum absolute atomic E-state index is 12.3. The molecule has 5 heteroatoms. The molecule has 1 aromatic heterocycles. The fourth-order valence-electron chi connectivity index (χ4n) is 2.25. The van der Waals surface area contributed by atoms with Crippen LogP contribution in [0.5, 0.6) is 0 Å². The number of rotatable bonds is 2. The summed E-state index contributed by atoms with van der Waals surface area (Å²) < 4.78 is 10.0. The Hall–Kier alpha value is -2.43. The van der Waals surface area contributed by atoms with E-state index in [1.807, 2.05) is 31.2 Å². The number of esters is 2. The monoisotopic (exact) mass is 271 g/mol. The maximum atomic E-state index is 12.3. The van der Waals surface area contributed by atoms with Crippen molar-refractivity contribution >= 4 is 22.8 Å².